The average molecular weight is 310 g/mol. The summed E-state index contributed by atoms with van der Waals surface area (Å²) in [6, 6.07) is 9.76. The van der Waals surface area contributed by atoms with Crippen LogP contribution in [0.3, 0.4) is 0 Å². The van der Waals surface area contributed by atoms with E-state index >= 15 is 0 Å². The third-order valence-electron chi connectivity index (χ3n) is 3.03. The lowest BCUT2D eigenvalue weighted by Crippen LogP contribution is -2.11. The lowest BCUT2D eigenvalue weighted by molar-refractivity contribution is 0.882. The van der Waals surface area contributed by atoms with Crippen molar-refractivity contribution >= 4 is 34.7 Å². The van der Waals surface area contributed by atoms with E-state index < -0.39 is 0 Å². The third kappa shape index (κ3) is 3.56. The summed E-state index contributed by atoms with van der Waals surface area (Å²) in [6.45, 7) is 2.07. The highest BCUT2D eigenvalue weighted by Gasteiger charge is 2.08. The Morgan fingerprint density at radius 2 is 1.85 bits per heavy atom. The van der Waals surface area contributed by atoms with Crippen molar-refractivity contribution in [3.8, 4) is 0 Å². The van der Waals surface area contributed by atoms with E-state index in [4.69, 9.17) is 23.2 Å². The number of nitrogens with zero attached hydrogens (tertiary/aromatic N) is 2. The Morgan fingerprint density at radius 1 is 1.10 bits per heavy atom. The normalized spacial score (nSPS) is 12.1. The lowest BCUT2D eigenvalue weighted by Gasteiger charge is -2.17. The van der Waals surface area contributed by atoms with E-state index in [1.807, 2.05) is 55.5 Å². The molecule has 0 aliphatic carbocycles. The SMILES string of the molecule is CC(Nc1ccc(N(C)C)nc1)c1ccc(Cl)c(Cl)c1. The zero-order chi connectivity index (χ0) is 14.7. The first-order valence-electron chi connectivity index (χ1n) is 6.32. The van der Waals surface area contributed by atoms with Gasteiger partial charge in [-0.1, -0.05) is 29.3 Å². The Labute approximate surface area is 129 Å². The molecule has 1 aromatic carbocycles. The van der Waals surface area contributed by atoms with Crippen LogP contribution in [-0.2, 0) is 0 Å². The highest BCUT2D eigenvalue weighted by atomic mass is 35.5. The van der Waals surface area contributed by atoms with Gasteiger partial charge >= 0.3 is 0 Å². The van der Waals surface area contributed by atoms with Gasteiger partial charge < -0.3 is 10.2 Å². The number of halogens is 2. The third-order valence-corrected chi connectivity index (χ3v) is 3.77. The second-order valence-electron chi connectivity index (χ2n) is 4.84. The van der Waals surface area contributed by atoms with Crippen molar-refractivity contribution in [2.45, 2.75) is 13.0 Å². The molecule has 5 heteroatoms. The van der Waals surface area contributed by atoms with Gasteiger partial charge in [0.2, 0.25) is 0 Å². The largest absolute Gasteiger partial charge is 0.377 e. The van der Waals surface area contributed by atoms with Gasteiger partial charge in [-0.2, -0.15) is 0 Å². The van der Waals surface area contributed by atoms with Crippen molar-refractivity contribution < 1.29 is 0 Å². The number of nitrogens with one attached hydrogen (secondary N) is 1. The van der Waals surface area contributed by atoms with Crippen LogP contribution >= 0.6 is 23.2 Å². The molecule has 0 bridgehead atoms. The zero-order valence-electron chi connectivity index (χ0n) is 11.7. The Balaban J connectivity index is 2.10. The quantitative estimate of drug-likeness (QED) is 0.892. The molecule has 0 aliphatic rings. The van der Waals surface area contributed by atoms with E-state index in [0.29, 0.717) is 10.0 Å². The molecule has 0 radical (unpaired) electrons. The van der Waals surface area contributed by atoms with E-state index in [2.05, 4.69) is 17.2 Å². The van der Waals surface area contributed by atoms with Crippen LogP contribution in [0.2, 0.25) is 10.0 Å². The number of benzene rings is 1. The molecule has 0 amide bonds. The Hall–Kier alpha value is -1.45. The molecule has 106 valence electrons. The molecule has 1 atom stereocenters. The molecule has 20 heavy (non-hydrogen) atoms. The van der Waals surface area contributed by atoms with Crippen molar-refractivity contribution in [1.29, 1.82) is 0 Å². The fraction of sp³-hybridized carbons (Fsp3) is 0.267. The first kappa shape index (κ1) is 14.9. The number of anilines is 2. The van der Waals surface area contributed by atoms with Crippen LogP contribution in [0.5, 0.6) is 0 Å². The van der Waals surface area contributed by atoms with Crippen LogP contribution < -0.4 is 10.2 Å². The highest BCUT2D eigenvalue weighted by molar-refractivity contribution is 6.42. The van der Waals surface area contributed by atoms with Crippen LogP contribution in [0.4, 0.5) is 11.5 Å². The number of rotatable bonds is 4. The van der Waals surface area contributed by atoms with E-state index in [9.17, 15) is 0 Å². The molecule has 0 spiro atoms. The molecular formula is C15H17Cl2N3. The van der Waals surface area contributed by atoms with Gasteiger partial charge in [0.1, 0.15) is 5.82 Å². The molecular weight excluding hydrogens is 293 g/mol. The minimum absolute atomic E-state index is 0.122. The van der Waals surface area contributed by atoms with Crippen LogP contribution in [0.1, 0.15) is 18.5 Å². The van der Waals surface area contributed by atoms with Crippen molar-refractivity contribution in [3.05, 3.63) is 52.1 Å². The minimum atomic E-state index is 0.122. The summed E-state index contributed by atoms with van der Waals surface area (Å²) in [7, 11) is 3.93. The van der Waals surface area contributed by atoms with Gasteiger partial charge in [-0.3, -0.25) is 0 Å². The fourth-order valence-corrected chi connectivity index (χ4v) is 2.16. The topological polar surface area (TPSA) is 28.2 Å². The van der Waals surface area contributed by atoms with E-state index in [1.165, 1.54) is 0 Å². The van der Waals surface area contributed by atoms with E-state index in [1.54, 1.807) is 0 Å². The van der Waals surface area contributed by atoms with Crippen LogP contribution in [0, 0.1) is 0 Å². The monoisotopic (exact) mass is 309 g/mol. The van der Waals surface area contributed by atoms with Gasteiger partial charge in [0, 0.05) is 20.1 Å². The van der Waals surface area contributed by atoms with Crippen molar-refractivity contribution in [2.75, 3.05) is 24.3 Å². The number of aromatic nitrogens is 1. The Bertz CT molecular complexity index is 582. The van der Waals surface area contributed by atoms with Crippen LogP contribution in [-0.4, -0.2) is 19.1 Å². The fourth-order valence-electron chi connectivity index (χ4n) is 1.85. The highest BCUT2D eigenvalue weighted by Crippen LogP contribution is 2.27. The minimum Gasteiger partial charge on any atom is -0.377 e. The Morgan fingerprint density at radius 3 is 2.40 bits per heavy atom. The van der Waals surface area contributed by atoms with Crippen molar-refractivity contribution in [3.63, 3.8) is 0 Å². The summed E-state index contributed by atoms with van der Waals surface area (Å²) in [5.41, 5.74) is 2.05. The van der Waals surface area contributed by atoms with Gasteiger partial charge in [-0.15, -0.1) is 0 Å². The number of hydrogen-bond acceptors (Lipinski definition) is 3. The van der Waals surface area contributed by atoms with Crippen LogP contribution in [0.15, 0.2) is 36.5 Å². The summed E-state index contributed by atoms with van der Waals surface area (Å²) in [4.78, 5) is 6.34. The number of hydrogen-bond donors (Lipinski definition) is 1. The summed E-state index contributed by atoms with van der Waals surface area (Å²) in [6.07, 6.45) is 1.82. The molecule has 1 N–H and O–H groups in total. The first-order chi connectivity index (χ1) is 9.47. The molecule has 1 heterocycles. The van der Waals surface area contributed by atoms with Gasteiger partial charge in [0.25, 0.3) is 0 Å². The summed E-state index contributed by atoms with van der Waals surface area (Å²) >= 11 is 12.0. The molecule has 0 saturated carbocycles. The van der Waals surface area contributed by atoms with Gasteiger partial charge in [-0.25, -0.2) is 4.98 Å². The molecule has 3 nitrogen and oxygen atoms in total. The summed E-state index contributed by atoms with van der Waals surface area (Å²) < 4.78 is 0. The molecule has 1 unspecified atom stereocenters. The number of pyridine rings is 1. The maximum atomic E-state index is 6.04. The molecule has 0 fully saturated rings. The first-order valence-corrected chi connectivity index (χ1v) is 7.08. The standard InChI is InChI=1S/C15H17Cl2N3/c1-10(11-4-6-13(16)14(17)8-11)19-12-5-7-15(18-9-12)20(2)3/h4-10,19H,1-3H3. The zero-order valence-corrected chi connectivity index (χ0v) is 13.2. The second-order valence-corrected chi connectivity index (χ2v) is 5.65. The average Bonchev–Trinajstić information content (AvgIpc) is 2.42. The van der Waals surface area contributed by atoms with Gasteiger partial charge in [0.15, 0.2) is 0 Å². The molecule has 1 aromatic heterocycles. The van der Waals surface area contributed by atoms with Gasteiger partial charge in [0.05, 0.1) is 21.9 Å². The van der Waals surface area contributed by atoms with Crippen molar-refractivity contribution in [1.82, 2.24) is 4.98 Å². The van der Waals surface area contributed by atoms with Crippen molar-refractivity contribution in [2.24, 2.45) is 0 Å². The molecule has 2 aromatic rings. The molecule has 0 saturated heterocycles. The smallest absolute Gasteiger partial charge is 0.128 e. The maximum Gasteiger partial charge on any atom is 0.128 e. The summed E-state index contributed by atoms with van der Waals surface area (Å²) in [5.74, 6) is 0.928. The summed E-state index contributed by atoms with van der Waals surface area (Å²) in [5, 5.41) is 4.53. The van der Waals surface area contributed by atoms with E-state index in [0.717, 1.165) is 17.1 Å². The lowest BCUT2D eigenvalue weighted by atomic mass is 10.1. The van der Waals surface area contributed by atoms with Gasteiger partial charge in [-0.05, 0) is 36.8 Å². The predicted molar refractivity (Wildman–Crippen MR) is 87.1 cm³/mol. The predicted octanol–water partition coefficient (Wildman–Crippen LogP) is 4.63. The van der Waals surface area contributed by atoms with Crippen LogP contribution in [0.25, 0.3) is 0 Å². The molecule has 2 rings (SSSR count). The second kappa shape index (κ2) is 6.33. The maximum absolute atomic E-state index is 6.04. The Kier molecular flexibility index (Phi) is 4.73. The van der Waals surface area contributed by atoms with E-state index in [-0.39, 0.29) is 6.04 Å². The molecule has 0 aliphatic heterocycles.